The Hall–Kier alpha value is -2.24. The topological polar surface area (TPSA) is 116 Å². The van der Waals surface area contributed by atoms with Crippen LogP contribution in [0, 0.1) is 15.9 Å². The summed E-state index contributed by atoms with van der Waals surface area (Å²) in [5.41, 5.74) is -1.62. The van der Waals surface area contributed by atoms with Gasteiger partial charge in [0.05, 0.1) is 20.1 Å². The maximum Gasteiger partial charge on any atom is 0.284 e. The van der Waals surface area contributed by atoms with Crippen molar-refractivity contribution in [1.82, 2.24) is 0 Å². The average molecular weight is 466 g/mol. The van der Waals surface area contributed by atoms with E-state index in [9.17, 15) is 27.7 Å². The van der Waals surface area contributed by atoms with Gasteiger partial charge in [-0.1, -0.05) is 11.6 Å². The van der Waals surface area contributed by atoms with Crippen molar-refractivity contribution in [3.05, 3.63) is 60.8 Å². The van der Waals surface area contributed by atoms with Crippen LogP contribution in [-0.4, -0.2) is 25.1 Å². The van der Waals surface area contributed by atoms with Gasteiger partial charge in [0.2, 0.25) is 11.7 Å². The summed E-state index contributed by atoms with van der Waals surface area (Å²) >= 11 is 8.95. The normalized spacial score (nSPS) is 14.7. The van der Waals surface area contributed by atoms with Crippen molar-refractivity contribution < 1.29 is 27.3 Å². The lowest BCUT2D eigenvalue weighted by Crippen LogP contribution is -2.26. The fraction of sp³-hybridized carbons (Fsp3) is 0.0714. The molecule has 0 saturated heterocycles. The number of nitro groups is 1. The molecular weight excluding hydrogens is 459 g/mol. The SMILES string of the molecule is O=C(c1cc(F)ccc1Cl)c1c([N+](=O)[O-])cc2c(c1Br)OCS(=O)(=O)N2. The molecule has 2 aromatic carbocycles. The van der Waals surface area contributed by atoms with E-state index < -0.39 is 43.7 Å². The van der Waals surface area contributed by atoms with E-state index in [4.69, 9.17) is 16.3 Å². The van der Waals surface area contributed by atoms with Crippen LogP contribution in [0.1, 0.15) is 15.9 Å². The van der Waals surface area contributed by atoms with E-state index in [0.717, 1.165) is 24.3 Å². The zero-order valence-electron chi connectivity index (χ0n) is 12.5. The van der Waals surface area contributed by atoms with E-state index in [-0.39, 0.29) is 26.5 Å². The fourth-order valence-electron chi connectivity index (χ4n) is 2.34. The molecule has 0 aromatic heterocycles. The highest BCUT2D eigenvalue weighted by Gasteiger charge is 2.34. The summed E-state index contributed by atoms with van der Waals surface area (Å²) in [6, 6.07) is 3.89. The predicted molar refractivity (Wildman–Crippen MR) is 93.7 cm³/mol. The lowest BCUT2D eigenvalue weighted by atomic mass is 10.0. The van der Waals surface area contributed by atoms with Crippen LogP contribution >= 0.6 is 27.5 Å². The Morgan fingerprint density at radius 2 is 2.08 bits per heavy atom. The molecular formula is C14H7BrClFN2O6S. The molecule has 0 atom stereocenters. The molecule has 0 aliphatic carbocycles. The Labute approximate surface area is 159 Å². The summed E-state index contributed by atoms with van der Waals surface area (Å²) < 4.78 is 43.7. The molecule has 0 saturated carbocycles. The molecule has 1 heterocycles. The molecule has 0 bridgehead atoms. The number of anilines is 1. The molecule has 1 aliphatic heterocycles. The van der Waals surface area contributed by atoms with Gasteiger partial charge in [0.25, 0.3) is 15.7 Å². The number of carbonyl (C=O) groups excluding carboxylic acids is 1. The second kappa shape index (κ2) is 6.49. The third-order valence-electron chi connectivity index (χ3n) is 3.42. The Morgan fingerprint density at radius 1 is 1.38 bits per heavy atom. The van der Waals surface area contributed by atoms with E-state index >= 15 is 0 Å². The minimum absolute atomic E-state index is 0.0960. The van der Waals surface area contributed by atoms with E-state index in [0.29, 0.717) is 0 Å². The van der Waals surface area contributed by atoms with E-state index in [1.807, 2.05) is 0 Å². The molecule has 0 fully saturated rings. The summed E-state index contributed by atoms with van der Waals surface area (Å²) in [6.07, 6.45) is 0. The zero-order valence-corrected chi connectivity index (χ0v) is 15.6. The van der Waals surface area contributed by atoms with Gasteiger partial charge in [0.1, 0.15) is 11.4 Å². The highest BCUT2D eigenvalue weighted by atomic mass is 79.9. The highest BCUT2D eigenvalue weighted by molar-refractivity contribution is 9.10. The van der Waals surface area contributed by atoms with Gasteiger partial charge in [-0.3, -0.25) is 19.6 Å². The number of nitrogens with one attached hydrogen (secondary N) is 1. The van der Waals surface area contributed by atoms with Crippen LogP contribution in [0.4, 0.5) is 15.8 Å². The summed E-state index contributed by atoms with van der Waals surface area (Å²) in [5, 5.41) is 11.3. The van der Waals surface area contributed by atoms with Crippen molar-refractivity contribution in [2.45, 2.75) is 0 Å². The molecule has 0 spiro atoms. The number of fused-ring (bicyclic) bond motifs is 1. The maximum absolute atomic E-state index is 13.5. The quantitative estimate of drug-likeness (QED) is 0.421. The summed E-state index contributed by atoms with van der Waals surface area (Å²) in [5.74, 6) is -2.50. The third kappa shape index (κ3) is 3.24. The number of ketones is 1. The number of nitro benzene ring substituents is 1. The number of nitrogens with zero attached hydrogens (tertiary/aromatic N) is 1. The number of rotatable bonds is 3. The number of hydrogen-bond acceptors (Lipinski definition) is 6. The molecule has 12 heteroatoms. The predicted octanol–water partition coefficient (Wildman–Crippen LogP) is 3.47. The Kier molecular flexibility index (Phi) is 4.63. The molecule has 1 N–H and O–H groups in total. The van der Waals surface area contributed by atoms with Gasteiger partial charge >= 0.3 is 0 Å². The largest absolute Gasteiger partial charge is 0.472 e. The second-order valence-corrected chi connectivity index (χ2v) is 8.02. The van der Waals surface area contributed by atoms with Gasteiger partial charge in [0.15, 0.2) is 5.75 Å². The van der Waals surface area contributed by atoms with Crippen molar-refractivity contribution in [1.29, 1.82) is 0 Å². The van der Waals surface area contributed by atoms with Crippen molar-refractivity contribution in [3.63, 3.8) is 0 Å². The van der Waals surface area contributed by atoms with Crippen LogP contribution in [0.15, 0.2) is 28.7 Å². The molecule has 8 nitrogen and oxygen atoms in total. The molecule has 3 rings (SSSR count). The van der Waals surface area contributed by atoms with Gasteiger partial charge in [-0.2, -0.15) is 0 Å². The van der Waals surface area contributed by atoms with Crippen LogP contribution in [-0.2, 0) is 10.0 Å². The average Bonchev–Trinajstić information content (AvgIpc) is 2.55. The minimum Gasteiger partial charge on any atom is -0.472 e. The van der Waals surface area contributed by atoms with E-state index in [2.05, 4.69) is 20.7 Å². The molecule has 26 heavy (non-hydrogen) atoms. The lowest BCUT2D eigenvalue weighted by Gasteiger charge is -2.21. The maximum atomic E-state index is 13.5. The first-order valence-corrected chi connectivity index (χ1v) is 9.57. The highest BCUT2D eigenvalue weighted by Crippen LogP contribution is 2.44. The number of ether oxygens (including phenoxy) is 1. The number of halogens is 3. The number of hydrogen-bond donors (Lipinski definition) is 1. The molecule has 1 aliphatic rings. The van der Waals surface area contributed by atoms with Crippen molar-refractivity contribution in [3.8, 4) is 5.75 Å². The van der Waals surface area contributed by atoms with Crippen LogP contribution in [0.25, 0.3) is 0 Å². The Morgan fingerprint density at radius 3 is 2.73 bits per heavy atom. The van der Waals surface area contributed by atoms with Gasteiger partial charge in [-0.15, -0.1) is 0 Å². The number of carbonyl (C=O) groups is 1. The molecule has 0 unspecified atom stereocenters. The summed E-state index contributed by atoms with van der Waals surface area (Å²) in [7, 11) is -3.82. The minimum atomic E-state index is -3.82. The van der Waals surface area contributed by atoms with Crippen molar-refractivity contribution in [2.75, 3.05) is 10.7 Å². The Bertz CT molecular complexity index is 1080. The Balaban J connectivity index is 2.26. The van der Waals surface area contributed by atoms with Gasteiger partial charge in [-0.25, -0.2) is 12.8 Å². The fourth-order valence-corrected chi connectivity index (χ4v) is 4.07. The van der Waals surface area contributed by atoms with E-state index in [1.54, 1.807) is 0 Å². The lowest BCUT2D eigenvalue weighted by molar-refractivity contribution is -0.385. The first-order valence-electron chi connectivity index (χ1n) is 6.74. The van der Waals surface area contributed by atoms with Crippen LogP contribution < -0.4 is 9.46 Å². The van der Waals surface area contributed by atoms with Crippen LogP contribution in [0.5, 0.6) is 5.75 Å². The van der Waals surface area contributed by atoms with Crippen LogP contribution in [0.3, 0.4) is 0 Å². The first-order chi connectivity index (χ1) is 12.1. The third-order valence-corrected chi connectivity index (χ3v) is 5.47. The summed E-state index contributed by atoms with van der Waals surface area (Å²) in [4.78, 5) is 23.3. The van der Waals surface area contributed by atoms with Crippen molar-refractivity contribution in [2.24, 2.45) is 0 Å². The molecule has 2 aromatic rings. The van der Waals surface area contributed by atoms with Crippen molar-refractivity contribution >= 4 is 54.7 Å². The molecule has 136 valence electrons. The van der Waals surface area contributed by atoms with Gasteiger partial charge in [0, 0.05) is 11.6 Å². The number of benzene rings is 2. The smallest absolute Gasteiger partial charge is 0.284 e. The number of sulfonamides is 1. The molecule has 0 amide bonds. The first kappa shape index (κ1) is 18.5. The zero-order chi connectivity index (χ0) is 19.2. The second-order valence-electron chi connectivity index (χ2n) is 5.15. The summed E-state index contributed by atoms with van der Waals surface area (Å²) in [6.45, 7) is 0. The van der Waals surface area contributed by atoms with Crippen LogP contribution in [0.2, 0.25) is 5.02 Å². The molecule has 0 radical (unpaired) electrons. The monoisotopic (exact) mass is 464 g/mol. The van der Waals surface area contributed by atoms with Gasteiger partial charge in [-0.05, 0) is 34.1 Å². The van der Waals surface area contributed by atoms with Gasteiger partial charge < -0.3 is 4.74 Å². The standard InChI is InChI=1S/C14H7BrClFN2O6S/c15-12-11(13(20)7-3-6(17)1-2-8(7)16)10(19(21)22)4-9-14(12)25-5-26(23,24)18-9/h1-4,18H,5H2. The van der Waals surface area contributed by atoms with E-state index in [1.165, 1.54) is 0 Å².